The van der Waals surface area contributed by atoms with E-state index in [0.717, 1.165) is 24.9 Å². The fourth-order valence-corrected chi connectivity index (χ4v) is 3.47. The molecule has 1 aromatic rings. The number of aryl methyl sites for hydroxylation is 1. The fourth-order valence-electron chi connectivity index (χ4n) is 3.47. The Kier molecular flexibility index (Phi) is 3.67. The predicted octanol–water partition coefficient (Wildman–Crippen LogP) is 2.43. The van der Waals surface area contributed by atoms with E-state index >= 15 is 0 Å². The SMILES string of the molecule is CCc1ccc(CN2CCCC3CNCC32)cc1. The van der Waals surface area contributed by atoms with Gasteiger partial charge in [-0.15, -0.1) is 0 Å². The lowest BCUT2D eigenvalue weighted by Gasteiger charge is -2.37. The van der Waals surface area contributed by atoms with Crippen molar-refractivity contribution in [2.75, 3.05) is 19.6 Å². The zero-order valence-corrected chi connectivity index (χ0v) is 11.4. The molecule has 2 saturated heterocycles. The molecule has 18 heavy (non-hydrogen) atoms. The van der Waals surface area contributed by atoms with Gasteiger partial charge in [0.2, 0.25) is 0 Å². The summed E-state index contributed by atoms with van der Waals surface area (Å²) < 4.78 is 0. The maximum Gasteiger partial charge on any atom is 0.0264 e. The van der Waals surface area contributed by atoms with Gasteiger partial charge in [0.15, 0.2) is 0 Å². The molecule has 2 heterocycles. The van der Waals surface area contributed by atoms with Gasteiger partial charge >= 0.3 is 0 Å². The minimum Gasteiger partial charge on any atom is -0.315 e. The quantitative estimate of drug-likeness (QED) is 0.878. The van der Waals surface area contributed by atoms with Crippen LogP contribution in [0, 0.1) is 5.92 Å². The van der Waals surface area contributed by atoms with Crippen LogP contribution in [0.2, 0.25) is 0 Å². The summed E-state index contributed by atoms with van der Waals surface area (Å²) in [4.78, 5) is 2.69. The molecule has 3 rings (SSSR count). The number of nitrogens with one attached hydrogen (secondary N) is 1. The van der Waals surface area contributed by atoms with Crippen molar-refractivity contribution in [1.29, 1.82) is 0 Å². The molecule has 2 nitrogen and oxygen atoms in total. The number of likely N-dealkylation sites (tertiary alicyclic amines) is 1. The van der Waals surface area contributed by atoms with E-state index in [9.17, 15) is 0 Å². The maximum atomic E-state index is 3.56. The zero-order chi connectivity index (χ0) is 12.4. The molecule has 2 atom stereocenters. The molecule has 0 aromatic heterocycles. The van der Waals surface area contributed by atoms with Crippen molar-refractivity contribution >= 4 is 0 Å². The van der Waals surface area contributed by atoms with Crippen LogP contribution in [0.5, 0.6) is 0 Å². The maximum absolute atomic E-state index is 3.56. The molecular formula is C16H24N2. The normalized spacial score (nSPS) is 28.3. The highest BCUT2D eigenvalue weighted by atomic mass is 15.2. The molecule has 2 heteroatoms. The first-order valence-electron chi connectivity index (χ1n) is 7.39. The highest BCUT2D eigenvalue weighted by molar-refractivity contribution is 5.22. The Hall–Kier alpha value is -0.860. The van der Waals surface area contributed by atoms with Gasteiger partial charge in [-0.3, -0.25) is 4.90 Å². The van der Waals surface area contributed by atoms with Crippen LogP contribution in [-0.4, -0.2) is 30.6 Å². The van der Waals surface area contributed by atoms with Gasteiger partial charge in [-0.25, -0.2) is 0 Å². The number of hydrogen-bond donors (Lipinski definition) is 1. The number of nitrogens with zero attached hydrogens (tertiary/aromatic N) is 1. The van der Waals surface area contributed by atoms with Crippen molar-refractivity contribution in [3.05, 3.63) is 35.4 Å². The summed E-state index contributed by atoms with van der Waals surface area (Å²) in [6, 6.07) is 9.97. The monoisotopic (exact) mass is 244 g/mol. The minimum absolute atomic E-state index is 0.782. The number of rotatable bonds is 3. The fraction of sp³-hybridized carbons (Fsp3) is 0.625. The minimum atomic E-state index is 0.782. The lowest BCUT2D eigenvalue weighted by atomic mass is 9.91. The number of benzene rings is 1. The van der Waals surface area contributed by atoms with Crippen LogP contribution < -0.4 is 5.32 Å². The van der Waals surface area contributed by atoms with Gasteiger partial charge in [0.1, 0.15) is 0 Å². The summed E-state index contributed by atoms with van der Waals surface area (Å²) in [6.07, 6.45) is 3.93. The van der Waals surface area contributed by atoms with E-state index in [1.165, 1.54) is 43.6 Å². The second-order valence-corrected chi connectivity index (χ2v) is 5.77. The summed E-state index contributed by atoms with van der Waals surface area (Å²) in [5.74, 6) is 0.897. The first kappa shape index (κ1) is 12.2. The standard InChI is InChI=1S/C16H24N2/c1-2-13-5-7-14(8-6-13)12-18-9-3-4-15-10-17-11-16(15)18/h5-8,15-17H,2-4,9-12H2,1H3. The highest BCUT2D eigenvalue weighted by Crippen LogP contribution is 2.27. The van der Waals surface area contributed by atoms with Crippen LogP contribution >= 0.6 is 0 Å². The van der Waals surface area contributed by atoms with Crippen LogP contribution in [0.1, 0.15) is 30.9 Å². The first-order chi connectivity index (χ1) is 8.86. The van der Waals surface area contributed by atoms with Crippen molar-refractivity contribution in [3.63, 3.8) is 0 Å². The second-order valence-electron chi connectivity index (χ2n) is 5.77. The van der Waals surface area contributed by atoms with Crippen LogP contribution in [0.4, 0.5) is 0 Å². The van der Waals surface area contributed by atoms with E-state index < -0.39 is 0 Å². The molecule has 0 bridgehead atoms. The molecule has 0 amide bonds. The van der Waals surface area contributed by atoms with Gasteiger partial charge in [0.05, 0.1) is 0 Å². The third-order valence-electron chi connectivity index (χ3n) is 4.61. The van der Waals surface area contributed by atoms with E-state index in [1.54, 1.807) is 0 Å². The number of fused-ring (bicyclic) bond motifs is 1. The Balaban J connectivity index is 1.67. The molecular weight excluding hydrogens is 220 g/mol. The Morgan fingerprint density at radius 3 is 2.72 bits per heavy atom. The molecule has 1 aromatic carbocycles. The van der Waals surface area contributed by atoms with E-state index in [1.807, 2.05) is 0 Å². The molecule has 2 fully saturated rings. The first-order valence-corrected chi connectivity index (χ1v) is 7.39. The summed E-state index contributed by atoms with van der Waals surface area (Å²) >= 11 is 0. The summed E-state index contributed by atoms with van der Waals surface area (Å²) in [7, 11) is 0. The van der Waals surface area contributed by atoms with Gasteiger partial charge in [-0.1, -0.05) is 31.2 Å². The lowest BCUT2D eigenvalue weighted by Crippen LogP contribution is -2.44. The summed E-state index contributed by atoms with van der Waals surface area (Å²) in [6.45, 7) is 7.05. The van der Waals surface area contributed by atoms with Crippen molar-refractivity contribution in [2.24, 2.45) is 5.92 Å². The lowest BCUT2D eigenvalue weighted by molar-refractivity contribution is 0.117. The average molecular weight is 244 g/mol. The molecule has 2 unspecified atom stereocenters. The highest BCUT2D eigenvalue weighted by Gasteiger charge is 2.34. The summed E-state index contributed by atoms with van der Waals surface area (Å²) in [5, 5.41) is 3.56. The van der Waals surface area contributed by atoms with Crippen molar-refractivity contribution < 1.29 is 0 Å². The third-order valence-corrected chi connectivity index (χ3v) is 4.61. The molecule has 98 valence electrons. The van der Waals surface area contributed by atoms with Crippen molar-refractivity contribution in [1.82, 2.24) is 10.2 Å². The summed E-state index contributed by atoms with van der Waals surface area (Å²) in [5.41, 5.74) is 2.91. The average Bonchev–Trinajstić information content (AvgIpc) is 2.89. The molecule has 0 radical (unpaired) electrons. The van der Waals surface area contributed by atoms with Gasteiger partial charge < -0.3 is 5.32 Å². The van der Waals surface area contributed by atoms with E-state index in [-0.39, 0.29) is 0 Å². The van der Waals surface area contributed by atoms with E-state index in [2.05, 4.69) is 41.4 Å². The second kappa shape index (κ2) is 5.41. The van der Waals surface area contributed by atoms with E-state index in [0.29, 0.717) is 0 Å². The Bertz CT molecular complexity index is 385. The molecule has 0 aliphatic carbocycles. The Labute approximate surface area is 110 Å². The third kappa shape index (κ3) is 2.45. The number of hydrogen-bond acceptors (Lipinski definition) is 2. The molecule has 0 spiro atoms. The van der Waals surface area contributed by atoms with Gasteiger partial charge in [-0.05, 0) is 49.4 Å². The van der Waals surface area contributed by atoms with Crippen molar-refractivity contribution in [3.8, 4) is 0 Å². The van der Waals surface area contributed by atoms with Gasteiger partial charge in [-0.2, -0.15) is 0 Å². The smallest absolute Gasteiger partial charge is 0.0264 e. The predicted molar refractivity (Wildman–Crippen MR) is 75.6 cm³/mol. The van der Waals surface area contributed by atoms with Crippen LogP contribution in [0.3, 0.4) is 0 Å². The molecule has 0 saturated carbocycles. The van der Waals surface area contributed by atoms with E-state index in [4.69, 9.17) is 0 Å². The largest absolute Gasteiger partial charge is 0.315 e. The van der Waals surface area contributed by atoms with Crippen LogP contribution in [-0.2, 0) is 13.0 Å². The van der Waals surface area contributed by atoms with Gasteiger partial charge in [0.25, 0.3) is 0 Å². The Morgan fingerprint density at radius 1 is 1.17 bits per heavy atom. The van der Waals surface area contributed by atoms with Crippen molar-refractivity contribution in [2.45, 2.75) is 38.8 Å². The zero-order valence-electron chi connectivity index (χ0n) is 11.4. The Morgan fingerprint density at radius 2 is 1.94 bits per heavy atom. The molecule has 1 N–H and O–H groups in total. The number of piperidine rings is 1. The van der Waals surface area contributed by atoms with Crippen LogP contribution in [0.15, 0.2) is 24.3 Å². The topological polar surface area (TPSA) is 15.3 Å². The molecule has 2 aliphatic rings. The van der Waals surface area contributed by atoms with Gasteiger partial charge in [0, 0.05) is 19.1 Å². The molecule has 2 aliphatic heterocycles. The van der Waals surface area contributed by atoms with Crippen LogP contribution in [0.25, 0.3) is 0 Å².